The molecular formula is C27H32N8O2. The Labute approximate surface area is 215 Å². The Kier molecular flexibility index (Phi) is 6.35. The second-order valence-electron chi connectivity index (χ2n) is 9.88. The maximum atomic E-state index is 13.7. The van der Waals surface area contributed by atoms with Crippen LogP contribution in [0.25, 0.3) is 22.4 Å². The van der Waals surface area contributed by atoms with Crippen LogP contribution in [0.2, 0.25) is 0 Å². The van der Waals surface area contributed by atoms with Crippen LogP contribution in [0.3, 0.4) is 0 Å². The van der Waals surface area contributed by atoms with Crippen LogP contribution >= 0.6 is 0 Å². The summed E-state index contributed by atoms with van der Waals surface area (Å²) in [5.41, 5.74) is 3.13. The van der Waals surface area contributed by atoms with Gasteiger partial charge in [0.25, 0.3) is 5.56 Å². The molecular weight excluding hydrogens is 468 g/mol. The fourth-order valence-corrected chi connectivity index (χ4v) is 5.19. The predicted octanol–water partition coefficient (Wildman–Crippen LogP) is 3.35. The minimum Gasteiger partial charge on any atom is -0.379 e. The van der Waals surface area contributed by atoms with Gasteiger partial charge in [-0.3, -0.25) is 9.36 Å². The Morgan fingerprint density at radius 3 is 2.68 bits per heavy atom. The van der Waals surface area contributed by atoms with Crippen LogP contribution in [0.4, 0.5) is 17.3 Å². The average Bonchev–Trinajstić information content (AvgIpc) is 3.61. The smallest absolute Gasteiger partial charge is 0.263 e. The summed E-state index contributed by atoms with van der Waals surface area (Å²) in [4.78, 5) is 30.0. The lowest BCUT2D eigenvalue weighted by Gasteiger charge is -2.29. The number of ether oxygens (including phenoxy) is 1. The van der Waals surface area contributed by atoms with Crippen molar-refractivity contribution in [3.8, 4) is 11.4 Å². The molecule has 2 N–H and O–H groups in total. The first-order valence-electron chi connectivity index (χ1n) is 12.9. The van der Waals surface area contributed by atoms with Crippen LogP contribution in [0, 0.1) is 0 Å². The van der Waals surface area contributed by atoms with E-state index in [4.69, 9.17) is 9.72 Å². The molecule has 5 heterocycles. The molecule has 10 nitrogen and oxygen atoms in total. The highest BCUT2D eigenvalue weighted by molar-refractivity contribution is 5.81. The third kappa shape index (κ3) is 4.58. The molecule has 0 aliphatic carbocycles. The van der Waals surface area contributed by atoms with Gasteiger partial charge in [0.05, 0.1) is 18.2 Å². The van der Waals surface area contributed by atoms with Gasteiger partial charge in [0.1, 0.15) is 11.5 Å². The van der Waals surface area contributed by atoms with Crippen molar-refractivity contribution in [1.82, 2.24) is 29.4 Å². The predicted molar refractivity (Wildman–Crippen MR) is 145 cm³/mol. The maximum absolute atomic E-state index is 13.7. The van der Waals surface area contributed by atoms with Crippen molar-refractivity contribution in [1.29, 1.82) is 0 Å². The summed E-state index contributed by atoms with van der Waals surface area (Å²) in [6.07, 6.45) is 6.35. The number of hydrogen-bond acceptors (Lipinski definition) is 8. The summed E-state index contributed by atoms with van der Waals surface area (Å²) >= 11 is 0. The monoisotopic (exact) mass is 500 g/mol. The molecule has 0 spiro atoms. The third-order valence-electron chi connectivity index (χ3n) is 7.10. The minimum absolute atomic E-state index is 0.0887. The van der Waals surface area contributed by atoms with E-state index in [9.17, 15) is 4.79 Å². The molecule has 10 heteroatoms. The van der Waals surface area contributed by atoms with Crippen molar-refractivity contribution in [3.63, 3.8) is 0 Å². The van der Waals surface area contributed by atoms with Crippen LogP contribution in [-0.2, 0) is 4.74 Å². The second kappa shape index (κ2) is 9.95. The molecule has 0 saturated carbocycles. The molecule has 2 saturated heterocycles. The van der Waals surface area contributed by atoms with Crippen LogP contribution in [0.15, 0.2) is 53.7 Å². The van der Waals surface area contributed by atoms with Gasteiger partial charge in [0.2, 0.25) is 5.95 Å². The molecule has 37 heavy (non-hydrogen) atoms. The summed E-state index contributed by atoms with van der Waals surface area (Å²) in [7, 11) is 0. The standard InChI is InChI=1S/C27H32N8O2/c1-18(2)35-24-19(15-23(26(35)36)25-29-10-13-34(25)22-7-14-37-17-22)16-30-27(32-24)31-20-3-5-21(6-4-20)33-11-8-28-9-12-33/h3-6,10,13,15-16,18,22,28H,7-9,11-12,14,17H2,1-2H3,(H,30,31,32). The maximum Gasteiger partial charge on any atom is 0.263 e. The van der Waals surface area contributed by atoms with Gasteiger partial charge >= 0.3 is 0 Å². The number of imidazole rings is 1. The number of piperazine rings is 1. The topological polar surface area (TPSA) is 102 Å². The normalized spacial score (nSPS) is 18.1. The highest BCUT2D eigenvalue weighted by Crippen LogP contribution is 2.28. The zero-order valence-electron chi connectivity index (χ0n) is 21.2. The summed E-state index contributed by atoms with van der Waals surface area (Å²) < 4.78 is 9.36. The lowest BCUT2D eigenvalue weighted by Crippen LogP contribution is -2.43. The zero-order valence-corrected chi connectivity index (χ0v) is 21.2. The van der Waals surface area contributed by atoms with Crippen molar-refractivity contribution < 1.29 is 4.74 Å². The molecule has 6 rings (SSSR count). The van der Waals surface area contributed by atoms with Gasteiger partial charge in [-0.2, -0.15) is 4.98 Å². The molecule has 2 fully saturated rings. The van der Waals surface area contributed by atoms with Gasteiger partial charge in [-0.15, -0.1) is 0 Å². The second-order valence-corrected chi connectivity index (χ2v) is 9.88. The molecule has 1 unspecified atom stereocenters. The number of anilines is 3. The SMILES string of the molecule is CC(C)n1c(=O)c(-c2nccn2C2CCOC2)cc2cnc(Nc3ccc(N4CCNCC4)cc3)nc21. The van der Waals surface area contributed by atoms with E-state index in [2.05, 4.69) is 42.2 Å². The number of benzene rings is 1. The number of hydrogen-bond donors (Lipinski definition) is 2. The van der Waals surface area contributed by atoms with Gasteiger partial charge in [-0.05, 0) is 50.6 Å². The van der Waals surface area contributed by atoms with Crippen molar-refractivity contribution in [2.45, 2.75) is 32.4 Å². The van der Waals surface area contributed by atoms with E-state index in [0.717, 1.165) is 50.3 Å². The van der Waals surface area contributed by atoms with Crippen LogP contribution < -0.4 is 21.1 Å². The quantitative estimate of drug-likeness (QED) is 0.416. The molecule has 192 valence electrons. The highest BCUT2D eigenvalue weighted by atomic mass is 16.5. The molecule has 2 aliphatic rings. The van der Waals surface area contributed by atoms with Gasteiger partial charge in [0.15, 0.2) is 0 Å². The first-order valence-corrected chi connectivity index (χ1v) is 12.9. The molecule has 0 radical (unpaired) electrons. The molecule has 0 amide bonds. The number of rotatable bonds is 6. The summed E-state index contributed by atoms with van der Waals surface area (Å²) in [6, 6.07) is 10.3. The largest absolute Gasteiger partial charge is 0.379 e. The Bertz CT molecular complexity index is 1450. The number of aromatic nitrogens is 5. The van der Waals surface area contributed by atoms with Gasteiger partial charge in [0, 0.05) is 74.2 Å². The fourth-order valence-electron chi connectivity index (χ4n) is 5.19. The van der Waals surface area contributed by atoms with Gasteiger partial charge in [-0.1, -0.05) is 0 Å². The number of nitrogens with zero attached hydrogens (tertiary/aromatic N) is 6. The molecule has 1 aromatic carbocycles. The molecule has 0 bridgehead atoms. The van der Waals surface area contributed by atoms with Crippen molar-refractivity contribution in [2.75, 3.05) is 49.6 Å². The van der Waals surface area contributed by atoms with Crippen molar-refractivity contribution in [3.05, 3.63) is 59.3 Å². The number of pyridine rings is 1. The molecule has 4 aromatic rings. The Morgan fingerprint density at radius 1 is 1.14 bits per heavy atom. The van der Waals surface area contributed by atoms with E-state index in [-0.39, 0.29) is 17.6 Å². The lowest BCUT2D eigenvalue weighted by molar-refractivity contribution is 0.187. The summed E-state index contributed by atoms with van der Waals surface area (Å²) in [6.45, 7) is 9.34. The van der Waals surface area contributed by atoms with Gasteiger partial charge in [-0.25, -0.2) is 9.97 Å². The summed E-state index contributed by atoms with van der Waals surface area (Å²) in [5, 5.41) is 7.47. The Balaban J connectivity index is 1.33. The fraction of sp³-hybridized carbons (Fsp3) is 0.407. The van der Waals surface area contributed by atoms with E-state index in [1.165, 1.54) is 5.69 Å². The van der Waals surface area contributed by atoms with E-state index < -0.39 is 0 Å². The van der Waals surface area contributed by atoms with Crippen molar-refractivity contribution in [2.24, 2.45) is 0 Å². The Hall–Kier alpha value is -3.76. The van der Waals surface area contributed by atoms with E-state index in [0.29, 0.717) is 29.6 Å². The third-order valence-corrected chi connectivity index (χ3v) is 7.10. The molecule has 2 aliphatic heterocycles. The zero-order chi connectivity index (χ0) is 25.4. The van der Waals surface area contributed by atoms with E-state index >= 15 is 0 Å². The molecule has 1 atom stereocenters. The number of nitrogens with one attached hydrogen (secondary N) is 2. The average molecular weight is 501 g/mol. The first-order chi connectivity index (χ1) is 18.1. The van der Waals surface area contributed by atoms with E-state index in [1.807, 2.05) is 38.2 Å². The van der Waals surface area contributed by atoms with Gasteiger partial charge < -0.3 is 24.8 Å². The minimum atomic E-state index is -0.112. The summed E-state index contributed by atoms with van der Waals surface area (Å²) in [5.74, 6) is 1.11. The lowest BCUT2D eigenvalue weighted by atomic mass is 10.1. The molecule has 3 aromatic heterocycles. The van der Waals surface area contributed by atoms with Crippen LogP contribution in [-0.4, -0.2) is 63.5 Å². The highest BCUT2D eigenvalue weighted by Gasteiger charge is 2.24. The van der Waals surface area contributed by atoms with E-state index in [1.54, 1.807) is 17.0 Å². The Morgan fingerprint density at radius 2 is 1.95 bits per heavy atom. The number of fused-ring (bicyclic) bond motifs is 1. The van der Waals surface area contributed by atoms with Crippen molar-refractivity contribution >= 4 is 28.4 Å². The van der Waals surface area contributed by atoms with Crippen LogP contribution in [0.5, 0.6) is 0 Å². The first kappa shape index (κ1) is 23.6. The van der Waals surface area contributed by atoms with Crippen LogP contribution in [0.1, 0.15) is 32.4 Å².